The number of unbranched alkanes of at least 4 members (excludes halogenated alkanes) is 2. The van der Waals surface area contributed by atoms with Gasteiger partial charge in [-0.2, -0.15) is 0 Å². The van der Waals surface area contributed by atoms with E-state index in [0.717, 1.165) is 24.0 Å². The van der Waals surface area contributed by atoms with E-state index in [9.17, 15) is 4.79 Å². The molecule has 0 radical (unpaired) electrons. The fourth-order valence-corrected chi connectivity index (χ4v) is 3.35. The molecule has 0 aromatic heterocycles. The standard InChI is InChI=1S/C25H32O8/c1-16(17-12-19(28-2)24(32-6)20(13-17)29-3)18-14-21(30-4)25(22(15-18)31-5)33-11-9-7-8-10-23(26)27/h12-15H,1,7-11H2,2-6H3,(H,26,27). The highest BCUT2D eigenvalue weighted by Crippen LogP contribution is 2.44. The predicted molar refractivity (Wildman–Crippen MR) is 125 cm³/mol. The summed E-state index contributed by atoms with van der Waals surface area (Å²) in [5.74, 6) is 2.25. The molecule has 2 aromatic carbocycles. The summed E-state index contributed by atoms with van der Waals surface area (Å²) in [7, 11) is 7.78. The molecule has 2 aromatic rings. The van der Waals surface area contributed by atoms with E-state index in [2.05, 4.69) is 6.58 Å². The first kappa shape index (κ1) is 25.7. The Labute approximate surface area is 194 Å². The molecule has 0 spiro atoms. The summed E-state index contributed by atoms with van der Waals surface area (Å²) >= 11 is 0. The monoisotopic (exact) mass is 460 g/mol. The summed E-state index contributed by atoms with van der Waals surface area (Å²) in [5, 5.41) is 8.73. The lowest BCUT2D eigenvalue weighted by Crippen LogP contribution is -2.03. The quantitative estimate of drug-likeness (QED) is 0.401. The first-order valence-corrected chi connectivity index (χ1v) is 10.5. The van der Waals surface area contributed by atoms with Crippen LogP contribution in [0.5, 0.6) is 34.5 Å². The lowest BCUT2D eigenvalue weighted by atomic mass is 9.98. The maximum Gasteiger partial charge on any atom is 0.303 e. The molecule has 0 aliphatic rings. The van der Waals surface area contributed by atoms with E-state index in [1.54, 1.807) is 35.5 Å². The molecule has 1 N–H and O–H groups in total. The van der Waals surface area contributed by atoms with Gasteiger partial charge in [0.1, 0.15) is 0 Å². The van der Waals surface area contributed by atoms with Gasteiger partial charge >= 0.3 is 5.97 Å². The maximum atomic E-state index is 10.6. The highest BCUT2D eigenvalue weighted by molar-refractivity contribution is 5.82. The van der Waals surface area contributed by atoms with Crippen LogP contribution in [0.1, 0.15) is 36.8 Å². The Morgan fingerprint density at radius 2 is 1.18 bits per heavy atom. The normalized spacial score (nSPS) is 10.3. The Bertz CT molecular complexity index is 917. The van der Waals surface area contributed by atoms with Crippen molar-refractivity contribution in [1.29, 1.82) is 0 Å². The summed E-state index contributed by atoms with van der Waals surface area (Å²) in [5.41, 5.74) is 2.25. The van der Waals surface area contributed by atoms with Gasteiger partial charge < -0.3 is 33.5 Å². The van der Waals surface area contributed by atoms with Gasteiger partial charge in [0.05, 0.1) is 42.2 Å². The van der Waals surface area contributed by atoms with Gasteiger partial charge in [-0.1, -0.05) is 6.58 Å². The Morgan fingerprint density at radius 1 is 0.727 bits per heavy atom. The van der Waals surface area contributed by atoms with Gasteiger partial charge in [0.25, 0.3) is 0 Å². The molecule has 0 atom stereocenters. The fraction of sp³-hybridized carbons (Fsp3) is 0.400. The molecule has 0 saturated carbocycles. The van der Waals surface area contributed by atoms with E-state index >= 15 is 0 Å². The highest BCUT2D eigenvalue weighted by atomic mass is 16.5. The largest absolute Gasteiger partial charge is 0.493 e. The van der Waals surface area contributed by atoms with Crippen LogP contribution in [0.3, 0.4) is 0 Å². The molecule has 0 amide bonds. The van der Waals surface area contributed by atoms with Crippen LogP contribution >= 0.6 is 0 Å². The molecular formula is C25H32O8. The molecule has 8 heteroatoms. The predicted octanol–water partition coefficient (Wildman–Crippen LogP) is 4.81. The van der Waals surface area contributed by atoms with Crippen molar-refractivity contribution in [2.24, 2.45) is 0 Å². The molecular weight excluding hydrogens is 428 g/mol. The Balaban J connectivity index is 2.29. The second-order valence-electron chi connectivity index (χ2n) is 7.16. The lowest BCUT2D eigenvalue weighted by molar-refractivity contribution is -0.137. The van der Waals surface area contributed by atoms with E-state index in [4.69, 9.17) is 33.5 Å². The lowest BCUT2D eigenvalue weighted by Gasteiger charge is -2.18. The van der Waals surface area contributed by atoms with E-state index in [1.165, 1.54) is 0 Å². The van der Waals surface area contributed by atoms with Gasteiger partial charge in [-0.25, -0.2) is 0 Å². The number of hydrogen-bond donors (Lipinski definition) is 1. The number of carboxylic acids is 1. The van der Waals surface area contributed by atoms with Crippen LogP contribution in [0.2, 0.25) is 0 Å². The van der Waals surface area contributed by atoms with Crippen molar-refractivity contribution in [3.63, 3.8) is 0 Å². The zero-order chi connectivity index (χ0) is 24.4. The number of ether oxygens (including phenoxy) is 6. The number of aliphatic carboxylic acids is 1. The van der Waals surface area contributed by atoms with Crippen molar-refractivity contribution in [2.75, 3.05) is 42.2 Å². The zero-order valence-electron chi connectivity index (χ0n) is 19.9. The number of methoxy groups -OCH3 is 5. The van der Waals surface area contributed by atoms with Crippen LogP contribution in [0.25, 0.3) is 5.57 Å². The van der Waals surface area contributed by atoms with E-state index < -0.39 is 5.97 Å². The molecule has 0 unspecified atom stereocenters. The number of rotatable bonds is 14. The first-order chi connectivity index (χ1) is 15.9. The van der Waals surface area contributed by atoms with Gasteiger partial charge in [-0.3, -0.25) is 4.79 Å². The third-order valence-electron chi connectivity index (χ3n) is 5.10. The fourth-order valence-electron chi connectivity index (χ4n) is 3.35. The SMILES string of the molecule is C=C(c1cc(OC)c(OC)c(OC)c1)c1cc(OC)c(OCCCCCC(=O)O)c(OC)c1. The van der Waals surface area contributed by atoms with E-state index in [0.29, 0.717) is 53.1 Å². The van der Waals surface area contributed by atoms with Gasteiger partial charge in [-0.15, -0.1) is 0 Å². The van der Waals surface area contributed by atoms with Crippen molar-refractivity contribution in [2.45, 2.75) is 25.7 Å². The summed E-state index contributed by atoms with van der Waals surface area (Å²) < 4.78 is 33.3. The third-order valence-corrected chi connectivity index (χ3v) is 5.10. The van der Waals surface area contributed by atoms with Crippen molar-refractivity contribution in [3.05, 3.63) is 42.0 Å². The molecule has 0 fully saturated rings. The van der Waals surface area contributed by atoms with Gasteiger partial charge in [0.15, 0.2) is 23.0 Å². The maximum absolute atomic E-state index is 10.6. The number of carbonyl (C=O) groups is 1. The minimum absolute atomic E-state index is 0.157. The van der Waals surface area contributed by atoms with Crippen LogP contribution in [0, 0.1) is 0 Å². The van der Waals surface area contributed by atoms with E-state index in [1.807, 2.05) is 24.3 Å². The first-order valence-electron chi connectivity index (χ1n) is 10.5. The van der Waals surface area contributed by atoms with Crippen LogP contribution in [-0.4, -0.2) is 53.2 Å². The number of benzene rings is 2. The summed E-state index contributed by atoms with van der Waals surface area (Å²) in [6.45, 7) is 4.66. The van der Waals surface area contributed by atoms with Crippen molar-refractivity contribution < 1.29 is 38.3 Å². The van der Waals surface area contributed by atoms with E-state index in [-0.39, 0.29) is 6.42 Å². The Kier molecular flexibility index (Phi) is 9.72. The molecule has 0 aliphatic carbocycles. The molecule has 0 saturated heterocycles. The number of hydrogen-bond acceptors (Lipinski definition) is 7. The molecule has 0 heterocycles. The average molecular weight is 461 g/mol. The average Bonchev–Trinajstić information content (AvgIpc) is 2.83. The summed E-state index contributed by atoms with van der Waals surface area (Å²) in [4.78, 5) is 10.6. The second kappa shape index (κ2) is 12.5. The van der Waals surface area contributed by atoms with Gasteiger partial charge in [0.2, 0.25) is 11.5 Å². The van der Waals surface area contributed by atoms with Crippen molar-refractivity contribution in [1.82, 2.24) is 0 Å². The molecule has 0 bridgehead atoms. The van der Waals surface area contributed by atoms with Crippen molar-refractivity contribution >= 4 is 11.5 Å². The van der Waals surface area contributed by atoms with Crippen LogP contribution in [0.15, 0.2) is 30.8 Å². The summed E-state index contributed by atoms with van der Waals surface area (Å²) in [6, 6.07) is 7.30. The topological polar surface area (TPSA) is 92.7 Å². The molecule has 8 nitrogen and oxygen atoms in total. The Hall–Kier alpha value is -3.55. The smallest absolute Gasteiger partial charge is 0.303 e. The highest BCUT2D eigenvalue weighted by Gasteiger charge is 2.19. The van der Waals surface area contributed by atoms with Gasteiger partial charge in [0, 0.05) is 6.42 Å². The molecule has 0 aliphatic heterocycles. The second-order valence-corrected chi connectivity index (χ2v) is 7.16. The van der Waals surface area contributed by atoms with Crippen LogP contribution in [0.4, 0.5) is 0 Å². The molecule has 33 heavy (non-hydrogen) atoms. The number of carboxylic acid groups (broad SMARTS) is 1. The minimum atomic E-state index is -0.790. The summed E-state index contributed by atoms with van der Waals surface area (Å²) in [6.07, 6.45) is 2.25. The van der Waals surface area contributed by atoms with Crippen LogP contribution in [-0.2, 0) is 4.79 Å². The Morgan fingerprint density at radius 3 is 1.58 bits per heavy atom. The van der Waals surface area contributed by atoms with Crippen molar-refractivity contribution in [3.8, 4) is 34.5 Å². The van der Waals surface area contributed by atoms with Crippen LogP contribution < -0.4 is 28.4 Å². The minimum Gasteiger partial charge on any atom is -0.493 e. The third kappa shape index (κ3) is 6.47. The molecule has 2 rings (SSSR count). The van der Waals surface area contributed by atoms with Gasteiger partial charge in [-0.05, 0) is 60.2 Å². The zero-order valence-corrected chi connectivity index (χ0v) is 19.9. The molecule has 180 valence electrons.